The molecule has 5 rings (SSSR count). The van der Waals surface area contributed by atoms with E-state index in [1.807, 2.05) is 6.26 Å². The molecule has 186 valence electrons. The summed E-state index contributed by atoms with van der Waals surface area (Å²) in [7, 11) is 1.70. The molecule has 0 radical (unpaired) electrons. The van der Waals surface area contributed by atoms with E-state index in [2.05, 4.69) is 20.5 Å². The van der Waals surface area contributed by atoms with Crippen molar-refractivity contribution >= 4 is 34.9 Å². The summed E-state index contributed by atoms with van der Waals surface area (Å²) in [6.45, 7) is -2.50. The van der Waals surface area contributed by atoms with E-state index in [0.717, 1.165) is 4.90 Å². The van der Waals surface area contributed by atoms with Gasteiger partial charge in [0.05, 0.1) is 18.1 Å². The van der Waals surface area contributed by atoms with Crippen LogP contribution in [0.2, 0.25) is 0 Å². The molecule has 1 fully saturated rings. The second-order valence-corrected chi connectivity index (χ2v) is 8.96. The van der Waals surface area contributed by atoms with E-state index in [1.165, 1.54) is 39.4 Å². The molecule has 4 heterocycles. The average Bonchev–Trinajstić information content (AvgIpc) is 3.56. The first kappa shape index (κ1) is 23.7. The van der Waals surface area contributed by atoms with Crippen LogP contribution in [-0.4, -0.2) is 67.6 Å². The molecule has 36 heavy (non-hydrogen) atoms. The zero-order valence-electron chi connectivity index (χ0n) is 19.3. The van der Waals surface area contributed by atoms with Gasteiger partial charge in [-0.3, -0.25) is 14.3 Å². The molecule has 1 aliphatic heterocycles. The van der Waals surface area contributed by atoms with Crippen molar-refractivity contribution in [1.82, 2.24) is 29.3 Å². The molecule has 0 unspecified atom stereocenters. The largest absolute Gasteiger partial charge is 0.434 e. The second kappa shape index (κ2) is 9.57. The molecule has 1 N–H and O–H groups in total. The van der Waals surface area contributed by atoms with Crippen LogP contribution in [0.4, 0.5) is 14.5 Å². The number of fused-ring (bicyclic) bond motifs is 1. The van der Waals surface area contributed by atoms with Gasteiger partial charge in [-0.15, -0.1) is 11.8 Å². The Kier molecular flexibility index (Phi) is 6.31. The molecular formula is C23H21F2N7O3S. The van der Waals surface area contributed by atoms with Gasteiger partial charge in [-0.25, -0.2) is 9.50 Å². The Balaban J connectivity index is 1.60. The number of amides is 2. The van der Waals surface area contributed by atoms with E-state index in [9.17, 15) is 18.4 Å². The highest BCUT2D eigenvalue weighted by Gasteiger charge is 2.33. The number of likely N-dealkylation sites (N-methyl/N-ethyl adjacent to an activating group) is 1. The number of benzene rings is 1. The Hall–Kier alpha value is -4.00. The number of likely N-dealkylation sites (tertiary alicyclic amines) is 1. The predicted octanol–water partition coefficient (Wildman–Crippen LogP) is 3.57. The SMILES string of the molecule is CSc1ccc(OC(F)F)c(-c2nn([C@H]3CCN(C)C3=O)cc2NC(=O)c2cnn3cccnc23)c1. The molecule has 10 nitrogen and oxygen atoms in total. The van der Waals surface area contributed by atoms with E-state index in [4.69, 9.17) is 4.74 Å². The molecule has 1 aromatic carbocycles. The van der Waals surface area contributed by atoms with Crippen LogP contribution in [-0.2, 0) is 4.79 Å². The lowest BCUT2D eigenvalue weighted by Crippen LogP contribution is -2.24. The van der Waals surface area contributed by atoms with Crippen LogP contribution in [0.5, 0.6) is 5.75 Å². The summed E-state index contributed by atoms with van der Waals surface area (Å²) in [5, 5.41) is 11.5. The van der Waals surface area contributed by atoms with Crippen molar-refractivity contribution in [2.75, 3.05) is 25.2 Å². The summed E-state index contributed by atoms with van der Waals surface area (Å²) in [6.07, 6.45) is 8.49. The Morgan fingerprint density at radius 1 is 1.33 bits per heavy atom. The lowest BCUT2D eigenvalue weighted by molar-refractivity contribution is -0.129. The highest BCUT2D eigenvalue weighted by molar-refractivity contribution is 7.98. The van der Waals surface area contributed by atoms with Crippen LogP contribution < -0.4 is 10.1 Å². The summed E-state index contributed by atoms with van der Waals surface area (Å²) in [5.41, 5.74) is 1.25. The number of halogens is 2. The third-order valence-corrected chi connectivity index (χ3v) is 6.61. The summed E-state index contributed by atoms with van der Waals surface area (Å²) < 4.78 is 34.1. The number of hydrogen-bond acceptors (Lipinski definition) is 7. The molecule has 1 aliphatic rings. The molecule has 0 spiro atoms. The number of aromatic nitrogens is 5. The van der Waals surface area contributed by atoms with Gasteiger partial charge in [0.1, 0.15) is 23.0 Å². The minimum absolute atomic E-state index is 0.101. The van der Waals surface area contributed by atoms with Gasteiger partial charge in [-0.1, -0.05) is 0 Å². The third kappa shape index (κ3) is 4.37. The van der Waals surface area contributed by atoms with E-state index in [0.29, 0.717) is 18.6 Å². The topological polar surface area (TPSA) is 107 Å². The number of anilines is 1. The standard InChI is InChI=1S/C23H21F2N7O3S/c1-30-9-6-17(22(30)34)32-12-16(28-21(33)15-11-27-31-8-3-7-26-20(15)31)19(29-32)14-10-13(36-2)4-5-18(14)35-23(24)25/h3-5,7-8,10-12,17,23H,6,9H2,1-2H3,(H,28,33)/t17-/m0/s1. The lowest BCUT2D eigenvalue weighted by atomic mass is 10.1. The summed E-state index contributed by atoms with van der Waals surface area (Å²) in [4.78, 5) is 32.5. The molecular weight excluding hydrogens is 492 g/mol. The van der Waals surface area contributed by atoms with Crippen LogP contribution in [0.1, 0.15) is 22.8 Å². The summed E-state index contributed by atoms with van der Waals surface area (Å²) in [6, 6.07) is 5.84. The maximum Gasteiger partial charge on any atom is 0.387 e. The van der Waals surface area contributed by atoms with Crippen molar-refractivity contribution in [3.05, 3.63) is 54.6 Å². The summed E-state index contributed by atoms with van der Waals surface area (Å²) in [5.74, 6) is -0.747. The second-order valence-electron chi connectivity index (χ2n) is 8.08. The van der Waals surface area contributed by atoms with Crippen LogP contribution >= 0.6 is 11.8 Å². The van der Waals surface area contributed by atoms with Crippen molar-refractivity contribution in [3.8, 4) is 17.0 Å². The number of nitrogens with zero attached hydrogens (tertiary/aromatic N) is 6. The fourth-order valence-corrected chi connectivity index (χ4v) is 4.53. The van der Waals surface area contributed by atoms with Gasteiger partial charge in [0, 0.05) is 36.4 Å². The smallest absolute Gasteiger partial charge is 0.387 e. The zero-order chi connectivity index (χ0) is 25.4. The van der Waals surface area contributed by atoms with Crippen LogP contribution in [0.3, 0.4) is 0 Å². The average molecular weight is 514 g/mol. The maximum absolute atomic E-state index is 13.2. The number of ether oxygens (including phenoxy) is 1. The predicted molar refractivity (Wildman–Crippen MR) is 128 cm³/mol. The van der Waals surface area contributed by atoms with E-state index in [1.54, 1.807) is 42.5 Å². The minimum atomic E-state index is -3.06. The zero-order valence-corrected chi connectivity index (χ0v) is 20.1. The van der Waals surface area contributed by atoms with Crippen molar-refractivity contribution in [3.63, 3.8) is 0 Å². The molecule has 0 bridgehead atoms. The fraction of sp³-hybridized carbons (Fsp3) is 0.261. The first-order chi connectivity index (χ1) is 17.4. The Bertz CT molecular complexity index is 1450. The number of hydrogen-bond donors (Lipinski definition) is 1. The van der Waals surface area contributed by atoms with Crippen LogP contribution in [0.25, 0.3) is 16.9 Å². The van der Waals surface area contributed by atoms with Crippen molar-refractivity contribution in [2.45, 2.75) is 24.0 Å². The normalized spacial score (nSPS) is 15.8. The third-order valence-electron chi connectivity index (χ3n) is 5.88. The number of rotatable bonds is 7. The Morgan fingerprint density at radius 3 is 2.89 bits per heavy atom. The first-order valence-corrected chi connectivity index (χ1v) is 12.1. The van der Waals surface area contributed by atoms with Gasteiger partial charge in [0.15, 0.2) is 5.65 Å². The van der Waals surface area contributed by atoms with Gasteiger partial charge in [0.25, 0.3) is 5.91 Å². The minimum Gasteiger partial charge on any atom is -0.434 e. The van der Waals surface area contributed by atoms with Gasteiger partial charge in [0.2, 0.25) is 5.91 Å². The summed E-state index contributed by atoms with van der Waals surface area (Å²) >= 11 is 1.41. The number of nitrogens with one attached hydrogen (secondary N) is 1. The van der Waals surface area contributed by atoms with Gasteiger partial charge >= 0.3 is 6.61 Å². The van der Waals surface area contributed by atoms with Crippen molar-refractivity contribution in [1.29, 1.82) is 0 Å². The Labute approximate surface area is 208 Å². The van der Waals surface area contributed by atoms with E-state index < -0.39 is 18.6 Å². The number of thioether (sulfide) groups is 1. The van der Waals surface area contributed by atoms with Crippen LogP contribution in [0.15, 0.2) is 53.9 Å². The molecule has 4 aromatic rings. The highest BCUT2D eigenvalue weighted by Crippen LogP contribution is 2.39. The first-order valence-electron chi connectivity index (χ1n) is 10.9. The quantitative estimate of drug-likeness (QED) is 0.377. The Morgan fingerprint density at radius 2 is 2.17 bits per heavy atom. The molecule has 0 aliphatic carbocycles. The highest BCUT2D eigenvalue weighted by atomic mass is 32.2. The van der Waals surface area contributed by atoms with Gasteiger partial charge in [-0.2, -0.15) is 19.0 Å². The molecule has 2 amide bonds. The lowest BCUT2D eigenvalue weighted by Gasteiger charge is -2.12. The van der Waals surface area contributed by atoms with Crippen molar-refractivity contribution in [2.24, 2.45) is 0 Å². The molecule has 1 atom stereocenters. The number of carbonyl (C=O) groups excluding carboxylic acids is 2. The van der Waals surface area contributed by atoms with Gasteiger partial charge < -0.3 is 15.0 Å². The molecule has 13 heteroatoms. The number of carbonyl (C=O) groups is 2. The number of alkyl halides is 2. The van der Waals surface area contributed by atoms with E-state index >= 15 is 0 Å². The monoisotopic (exact) mass is 513 g/mol. The molecule has 3 aromatic heterocycles. The van der Waals surface area contributed by atoms with Crippen molar-refractivity contribution < 1.29 is 23.1 Å². The maximum atomic E-state index is 13.2. The molecule has 1 saturated heterocycles. The fourth-order valence-electron chi connectivity index (χ4n) is 4.09. The van der Waals surface area contributed by atoms with E-state index in [-0.39, 0.29) is 34.2 Å². The molecule has 0 saturated carbocycles. The van der Waals surface area contributed by atoms with Crippen LogP contribution in [0, 0.1) is 0 Å². The van der Waals surface area contributed by atoms with Gasteiger partial charge in [-0.05, 0) is 36.9 Å².